The Morgan fingerprint density at radius 1 is 1.16 bits per heavy atom. The van der Waals surface area contributed by atoms with Crippen molar-refractivity contribution in [1.82, 2.24) is 10.2 Å². The Labute approximate surface area is 154 Å². The third-order valence-corrected chi connectivity index (χ3v) is 4.84. The second-order valence-electron chi connectivity index (χ2n) is 6.51. The highest BCUT2D eigenvalue weighted by atomic mass is 35.5. The average Bonchev–Trinajstić information content (AvgIpc) is 2.61. The lowest BCUT2D eigenvalue weighted by atomic mass is 9.89. The highest BCUT2D eigenvalue weighted by molar-refractivity contribution is 6.31. The molecule has 1 aliphatic rings. The highest BCUT2D eigenvalue weighted by Gasteiger charge is 2.25. The zero-order valence-electron chi connectivity index (χ0n) is 15.0. The van der Waals surface area contributed by atoms with E-state index in [0.29, 0.717) is 6.61 Å². The third-order valence-electron chi connectivity index (χ3n) is 4.49. The fourth-order valence-corrected chi connectivity index (χ4v) is 3.41. The molecule has 1 aliphatic heterocycles. The standard InChI is InChI=1S/C20H25ClN2O2/c1-23(2)10-11-25-19-13-16-14(12-18(19)24-3)8-9-22-20(16)15-6-4-5-7-17(15)21/h4-7,12-13,20,22H,8-11H2,1-3H3. The fourth-order valence-electron chi connectivity index (χ4n) is 3.16. The van der Waals surface area contributed by atoms with Crippen LogP contribution in [0.2, 0.25) is 5.02 Å². The first-order valence-electron chi connectivity index (χ1n) is 8.56. The van der Waals surface area contributed by atoms with Crippen LogP contribution in [0.5, 0.6) is 11.5 Å². The van der Waals surface area contributed by atoms with Gasteiger partial charge in [0, 0.05) is 18.1 Å². The molecule has 25 heavy (non-hydrogen) atoms. The van der Waals surface area contributed by atoms with Crippen LogP contribution < -0.4 is 14.8 Å². The van der Waals surface area contributed by atoms with Crippen LogP contribution in [0.4, 0.5) is 0 Å². The summed E-state index contributed by atoms with van der Waals surface area (Å²) in [6.07, 6.45) is 0.963. The lowest BCUT2D eigenvalue weighted by Crippen LogP contribution is -2.31. The molecular weight excluding hydrogens is 336 g/mol. The zero-order chi connectivity index (χ0) is 17.8. The van der Waals surface area contributed by atoms with Gasteiger partial charge in [-0.25, -0.2) is 0 Å². The van der Waals surface area contributed by atoms with Crippen molar-refractivity contribution in [2.75, 3.05) is 40.9 Å². The Bertz CT molecular complexity index is 734. The Hall–Kier alpha value is -1.75. The molecule has 2 aromatic carbocycles. The number of rotatable bonds is 6. The van der Waals surface area contributed by atoms with Crippen LogP contribution in [0.15, 0.2) is 36.4 Å². The molecule has 1 N–H and O–H groups in total. The van der Waals surface area contributed by atoms with Crippen molar-refractivity contribution in [3.8, 4) is 11.5 Å². The van der Waals surface area contributed by atoms with E-state index in [9.17, 15) is 0 Å². The summed E-state index contributed by atoms with van der Waals surface area (Å²) < 4.78 is 11.5. The van der Waals surface area contributed by atoms with E-state index < -0.39 is 0 Å². The Kier molecular flexibility index (Phi) is 5.84. The minimum Gasteiger partial charge on any atom is -0.493 e. The van der Waals surface area contributed by atoms with Crippen molar-refractivity contribution < 1.29 is 9.47 Å². The van der Waals surface area contributed by atoms with Crippen LogP contribution in [0.3, 0.4) is 0 Å². The number of methoxy groups -OCH3 is 1. The SMILES string of the molecule is COc1cc2c(cc1OCCN(C)C)C(c1ccccc1Cl)NCC2. The normalized spacial score (nSPS) is 16.6. The lowest BCUT2D eigenvalue weighted by molar-refractivity contribution is 0.250. The summed E-state index contributed by atoms with van der Waals surface area (Å²) in [7, 11) is 5.75. The molecule has 0 saturated heterocycles. The van der Waals surface area contributed by atoms with Crippen LogP contribution in [0, 0.1) is 0 Å². The molecule has 0 saturated carbocycles. The summed E-state index contributed by atoms with van der Waals surface area (Å²) in [6, 6.07) is 12.3. The van der Waals surface area contributed by atoms with Gasteiger partial charge < -0.3 is 19.7 Å². The van der Waals surface area contributed by atoms with Gasteiger partial charge in [-0.2, -0.15) is 0 Å². The van der Waals surface area contributed by atoms with Gasteiger partial charge in [0.25, 0.3) is 0 Å². The molecule has 0 fully saturated rings. The van der Waals surface area contributed by atoms with Crippen LogP contribution in [-0.2, 0) is 6.42 Å². The van der Waals surface area contributed by atoms with Crippen molar-refractivity contribution >= 4 is 11.6 Å². The second-order valence-corrected chi connectivity index (χ2v) is 6.92. The van der Waals surface area contributed by atoms with Crippen LogP contribution in [0.1, 0.15) is 22.7 Å². The monoisotopic (exact) mass is 360 g/mol. The second kappa shape index (κ2) is 8.09. The Morgan fingerprint density at radius 3 is 2.68 bits per heavy atom. The minimum absolute atomic E-state index is 0.0690. The number of likely N-dealkylation sites (N-methyl/N-ethyl adjacent to an activating group) is 1. The van der Waals surface area contributed by atoms with Crippen LogP contribution >= 0.6 is 11.6 Å². The van der Waals surface area contributed by atoms with Gasteiger partial charge in [-0.1, -0.05) is 29.8 Å². The van der Waals surface area contributed by atoms with Crippen molar-refractivity contribution in [3.05, 3.63) is 58.1 Å². The molecule has 0 amide bonds. The lowest BCUT2D eigenvalue weighted by Gasteiger charge is -2.29. The first kappa shape index (κ1) is 18.1. The molecule has 4 nitrogen and oxygen atoms in total. The summed E-state index contributed by atoms with van der Waals surface area (Å²) in [5.41, 5.74) is 3.58. The van der Waals surface area contributed by atoms with Gasteiger partial charge in [0.05, 0.1) is 13.2 Å². The van der Waals surface area contributed by atoms with Gasteiger partial charge in [0.2, 0.25) is 0 Å². The number of hydrogen-bond donors (Lipinski definition) is 1. The molecule has 1 atom stereocenters. The van der Waals surface area contributed by atoms with Gasteiger partial charge in [0.15, 0.2) is 11.5 Å². The quantitative estimate of drug-likeness (QED) is 0.854. The number of nitrogens with zero attached hydrogens (tertiary/aromatic N) is 1. The van der Waals surface area contributed by atoms with Gasteiger partial charge in [-0.05, 0) is 55.4 Å². The summed E-state index contributed by atoms with van der Waals surface area (Å²) in [5, 5.41) is 4.36. The van der Waals surface area contributed by atoms with E-state index >= 15 is 0 Å². The predicted molar refractivity (Wildman–Crippen MR) is 102 cm³/mol. The van der Waals surface area contributed by atoms with Crippen molar-refractivity contribution in [3.63, 3.8) is 0 Å². The number of nitrogens with one attached hydrogen (secondary N) is 1. The van der Waals surface area contributed by atoms with Gasteiger partial charge in [-0.3, -0.25) is 0 Å². The molecule has 1 heterocycles. The number of hydrogen-bond acceptors (Lipinski definition) is 4. The number of ether oxygens (including phenoxy) is 2. The summed E-state index contributed by atoms with van der Waals surface area (Å²) in [4.78, 5) is 2.10. The van der Waals surface area contributed by atoms with Crippen LogP contribution in [-0.4, -0.2) is 45.8 Å². The fraction of sp³-hybridized carbons (Fsp3) is 0.400. The van der Waals surface area contributed by atoms with Crippen molar-refractivity contribution in [1.29, 1.82) is 0 Å². The summed E-state index contributed by atoms with van der Waals surface area (Å²) >= 11 is 6.44. The molecule has 0 spiro atoms. The van der Waals surface area contributed by atoms with E-state index in [-0.39, 0.29) is 6.04 Å². The van der Waals surface area contributed by atoms with E-state index in [4.69, 9.17) is 21.1 Å². The number of benzene rings is 2. The van der Waals surface area contributed by atoms with Gasteiger partial charge in [0.1, 0.15) is 6.61 Å². The Morgan fingerprint density at radius 2 is 1.96 bits per heavy atom. The van der Waals surface area contributed by atoms with Crippen molar-refractivity contribution in [2.24, 2.45) is 0 Å². The largest absolute Gasteiger partial charge is 0.493 e. The van der Waals surface area contributed by atoms with E-state index in [1.54, 1.807) is 7.11 Å². The molecule has 2 aromatic rings. The van der Waals surface area contributed by atoms with Gasteiger partial charge in [-0.15, -0.1) is 0 Å². The van der Waals surface area contributed by atoms with E-state index in [1.807, 2.05) is 32.3 Å². The Balaban J connectivity index is 1.95. The molecule has 0 bridgehead atoms. The van der Waals surface area contributed by atoms with Gasteiger partial charge >= 0.3 is 0 Å². The average molecular weight is 361 g/mol. The maximum atomic E-state index is 6.44. The number of halogens is 1. The molecular formula is C20H25ClN2O2. The molecule has 5 heteroatoms. The molecule has 3 rings (SSSR count). The molecule has 134 valence electrons. The molecule has 1 unspecified atom stereocenters. The maximum Gasteiger partial charge on any atom is 0.161 e. The molecule has 0 radical (unpaired) electrons. The van der Waals surface area contributed by atoms with E-state index in [0.717, 1.165) is 41.6 Å². The zero-order valence-corrected chi connectivity index (χ0v) is 15.8. The van der Waals surface area contributed by atoms with E-state index in [2.05, 4.69) is 28.4 Å². The molecule has 0 aliphatic carbocycles. The third kappa shape index (κ3) is 4.09. The van der Waals surface area contributed by atoms with E-state index in [1.165, 1.54) is 11.1 Å². The van der Waals surface area contributed by atoms with Crippen molar-refractivity contribution in [2.45, 2.75) is 12.5 Å². The van der Waals surface area contributed by atoms with Crippen LogP contribution in [0.25, 0.3) is 0 Å². The highest BCUT2D eigenvalue weighted by Crippen LogP contribution is 2.39. The summed E-state index contributed by atoms with van der Waals surface area (Å²) in [6.45, 7) is 2.38. The first-order chi connectivity index (χ1) is 12.1. The number of fused-ring (bicyclic) bond motifs is 1. The topological polar surface area (TPSA) is 33.7 Å². The predicted octanol–water partition coefficient (Wildman–Crippen LogP) is 3.52. The maximum absolute atomic E-state index is 6.44. The first-order valence-corrected chi connectivity index (χ1v) is 8.94. The minimum atomic E-state index is 0.0690. The molecule has 0 aromatic heterocycles. The smallest absolute Gasteiger partial charge is 0.161 e. The summed E-state index contributed by atoms with van der Waals surface area (Å²) in [5.74, 6) is 1.57.